The molecule has 2 N–H and O–H groups in total. The van der Waals surface area contributed by atoms with Crippen molar-refractivity contribution < 1.29 is 24.4 Å². The molecule has 0 atom stereocenters. The molecule has 0 heterocycles. The van der Waals surface area contributed by atoms with E-state index in [2.05, 4.69) is 10.5 Å². The lowest BCUT2D eigenvalue weighted by atomic mass is 10.2. The van der Waals surface area contributed by atoms with Gasteiger partial charge in [-0.25, -0.2) is 9.59 Å². The third-order valence-electron chi connectivity index (χ3n) is 3.90. The van der Waals surface area contributed by atoms with Gasteiger partial charge in [0.25, 0.3) is 5.69 Å². The van der Waals surface area contributed by atoms with Crippen LogP contribution in [0, 0.1) is 10.1 Å². The zero-order valence-electron chi connectivity index (χ0n) is 15.4. The second kappa shape index (κ2) is 9.11. The summed E-state index contributed by atoms with van der Waals surface area (Å²) in [5, 5.41) is 23.8. The molecule has 0 aliphatic carbocycles. The maximum Gasteiger partial charge on any atom is 0.343 e. The van der Waals surface area contributed by atoms with Crippen molar-refractivity contribution in [2.75, 3.05) is 5.43 Å². The lowest BCUT2D eigenvalue weighted by molar-refractivity contribution is -0.384. The monoisotopic (exact) mass is 405 g/mol. The normalized spacial score (nSPS) is 10.5. The number of anilines is 1. The number of carboxylic acid groups (broad SMARTS) is 1. The number of hydrogen-bond acceptors (Lipinski definition) is 7. The molecule has 0 saturated heterocycles. The fourth-order valence-electron chi connectivity index (χ4n) is 2.44. The standard InChI is InChI=1S/C21H15N3O6/c25-20(26)15-7-9-17(10-8-15)23-22-13-14-3-1-6-19(11-14)30-21(27)16-4-2-5-18(12-16)24(28)29/h1-13,23H,(H,25,26)/b22-13+. The Hall–Kier alpha value is -4.53. The molecule has 0 bridgehead atoms. The number of nitrogens with zero attached hydrogens (tertiary/aromatic N) is 2. The summed E-state index contributed by atoms with van der Waals surface area (Å²) in [6, 6.07) is 17.9. The number of ether oxygens (including phenoxy) is 1. The summed E-state index contributed by atoms with van der Waals surface area (Å²) >= 11 is 0. The second-order valence-electron chi connectivity index (χ2n) is 6.02. The highest BCUT2D eigenvalue weighted by Gasteiger charge is 2.13. The molecule has 0 aliphatic heterocycles. The highest BCUT2D eigenvalue weighted by molar-refractivity contribution is 5.92. The third-order valence-corrected chi connectivity index (χ3v) is 3.90. The topological polar surface area (TPSA) is 131 Å². The van der Waals surface area contributed by atoms with Gasteiger partial charge in [-0.15, -0.1) is 0 Å². The van der Waals surface area contributed by atoms with Crippen LogP contribution < -0.4 is 10.2 Å². The molecule has 150 valence electrons. The van der Waals surface area contributed by atoms with Crippen LogP contribution in [0.5, 0.6) is 5.75 Å². The van der Waals surface area contributed by atoms with Gasteiger partial charge in [0.15, 0.2) is 0 Å². The Morgan fingerprint density at radius 2 is 1.73 bits per heavy atom. The SMILES string of the molecule is O=C(O)c1ccc(N/N=C/c2cccc(OC(=O)c3cccc([N+](=O)[O-])c3)c2)cc1. The number of nitro groups is 1. The van der Waals surface area contributed by atoms with Crippen molar-refractivity contribution in [3.8, 4) is 5.75 Å². The Morgan fingerprint density at radius 1 is 1.00 bits per heavy atom. The third kappa shape index (κ3) is 5.26. The van der Waals surface area contributed by atoms with Crippen LogP contribution in [0.3, 0.4) is 0 Å². The highest BCUT2D eigenvalue weighted by Crippen LogP contribution is 2.18. The van der Waals surface area contributed by atoms with Gasteiger partial charge in [0.2, 0.25) is 0 Å². The van der Waals surface area contributed by atoms with Crippen molar-refractivity contribution >= 4 is 29.5 Å². The minimum atomic E-state index is -1.01. The van der Waals surface area contributed by atoms with Crippen LogP contribution in [0.15, 0.2) is 77.9 Å². The van der Waals surface area contributed by atoms with Crippen LogP contribution in [-0.4, -0.2) is 28.2 Å². The molecule has 0 fully saturated rings. The van der Waals surface area contributed by atoms with Crippen molar-refractivity contribution in [2.45, 2.75) is 0 Å². The molecule has 9 heteroatoms. The molecule has 0 radical (unpaired) electrons. The molecule has 0 saturated carbocycles. The van der Waals surface area contributed by atoms with E-state index in [0.29, 0.717) is 11.3 Å². The number of aromatic carboxylic acids is 1. The molecule has 0 aromatic heterocycles. The first kappa shape index (κ1) is 20.2. The lowest BCUT2D eigenvalue weighted by Crippen LogP contribution is -2.09. The number of non-ortho nitro benzene ring substituents is 1. The summed E-state index contributed by atoms with van der Waals surface area (Å²) in [5.74, 6) is -1.48. The van der Waals surface area contributed by atoms with Crippen LogP contribution in [0.25, 0.3) is 0 Å². The van der Waals surface area contributed by atoms with Crippen LogP contribution in [0.2, 0.25) is 0 Å². The smallest absolute Gasteiger partial charge is 0.343 e. The molecular weight excluding hydrogens is 390 g/mol. The van der Waals surface area contributed by atoms with E-state index in [1.807, 2.05) is 0 Å². The zero-order chi connectivity index (χ0) is 21.5. The van der Waals surface area contributed by atoms with Crippen molar-refractivity contribution in [3.05, 3.63) is 99.6 Å². The molecule has 30 heavy (non-hydrogen) atoms. The summed E-state index contributed by atoms with van der Waals surface area (Å²) < 4.78 is 5.28. The largest absolute Gasteiger partial charge is 0.478 e. The van der Waals surface area contributed by atoms with E-state index in [1.165, 1.54) is 36.5 Å². The number of hydrazone groups is 1. The summed E-state index contributed by atoms with van der Waals surface area (Å²) in [7, 11) is 0. The first-order valence-corrected chi connectivity index (χ1v) is 8.61. The van der Waals surface area contributed by atoms with E-state index in [0.717, 1.165) is 6.07 Å². The maximum atomic E-state index is 12.2. The lowest BCUT2D eigenvalue weighted by Gasteiger charge is -2.05. The first-order chi connectivity index (χ1) is 14.4. The van der Waals surface area contributed by atoms with E-state index < -0.39 is 16.9 Å². The Bertz CT molecular complexity index is 1130. The van der Waals surface area contributed by atoms with Crippen molar-refractivity contribution in [1.82, 2.24) is 0 Å². The molecule has 9 nitrogen and oxygen atoms in total. The average molecular weight is 405 g/mol. The summed E-state index contributed by atoms with van der Waals surface area (Å²) in [6.07, 6.45) is 1.50. The molecule has 0 spiro atoms. The van der Waals surface area contributed by atoms with Gasteiger partial charge >= 0.3 is 11.9 Å². The van der Waals surface area contributed by atoms with Crippen LogP contribution >= 0.6 is 0 Å². The number of benzene rings is 3. The minimum Gasteiger partial charge on any atom is -0.478 e. The number of carbonyl (C=O) groups is 2. The number of nitrogens with one attached hydrogen (secondary N) is 1. The van der Waals surface area contributed by atoms with Gasteiger partial charge in [-0.2, -0.15) is 5.10 Å². The fourth-order valence-corrected chi connectivity index (χ4v) is 2.44. The van der Waals surface area contributed by atoms with Crippen molar-refractivity contribution in [3.63, 3.8) is 0 Å². The van der Waals surface area contributed by atoms with E-state index in [9.17, 15) is 19.7 Å². The highest BCUT2D eigenvalue weighted by atomic mass is 16.6. The van der Waals surface area contributed by atoms with Gasteiger partial charge in [-0.3, -0.25) is 15.5 Å². The summed E-state index contributed by atoms with van der Waals surface area (Å²) in [5.41, 5.74) is 4.03. The summed E-state index contributed by atoms with van der Waals surface area (Å²) in [6.45, 7) is 0. The Morgan fingerprint density at radius 3 is 2.43 bits per heavy atom. The number of carbonyl (C=O) groups excluding carboxylic acids is 1. The van der Waals surface area contributed by atoms with Crippen LogP contribution in [0.4, 0.5) is 11.4 Å². The van der Waals surface area contributed by atoms with E-state index in [1.54, 1.807) is 36.4 Å². The van der Waals surface area contributed by atoms with Crippen LogP contribution in [-0.2, 0) is 0 Å². The molecule has 3 aromatic carbocycles. The molecule has 3 rings (SSSR count). The Balaban J connectivity index is 1.65. The van der Waals surface area contributed by atoms with Gasteiger partial charge in [-0.05, 0) is 48.0 Å². The van der Waals surface area contributed by atoms with Crippen molar-refractivity contribution in [1.29, 1.82) is 0 Å². The second-order valence-corrected chi connectivity index (χ2v) is 6.02. The van der Waals surface area contributed by atoms with Gasteiger partial charge in [0.05, 0.1) is 28.0 Å². The van der Waals surface area contributed by atoms with E-state index in [-0.39, 0.29) is 22.6 Å². The zero-order valence-corrected chi connectivity index (χ0v) is 15.4. The quantitative estimate of drug-likeness (QED) is 0.200. The number of nitro benzene ring substituents is 1. The van der Waals surface area contributed by atoms with Crippen LogP contribution in [0.1, 0.15) is 26.3 Å². The molecule has 0 unspecified atom stereocenters. The first-order valence-electron chi connectivity index (χ1n) is 8.61. The molecular formula is C21H15N3O6. The van der Waals surface area contributed by atoms with Gasteiger partial charge < -0.3 is 9.84 Å². The van der Waals surface area contributed by atoms with E-state index >= 15 is 0 Å². The number of hydrogen-bond donors (Lipinski definition) is 2. The van der Waals surface area contributed by atoms with Gasteiger partial charge in [0, 0.05) is 12.1 Å². The molecule has 0 aliphatic rings. The van der Waals surface area contributed by atoms with Gasteiger partial charge in [-0.1, -0.05) is 18.2 Å². The Labute approximate surface area is 170 Å². The number of carboxylic acids is 1. The minimum absolute atomic E-state index is 0.0646. The predicted molar refractivity (Wildman–Crippen MR) is 109 cm³/mol. The maximum absolute atomic E-state index is 12.2. The Kier molecular flexibility index (Phi) is 6.14. The fraction of sp³-hybridized carbons (Fsp3) is 0. The molecule has 3 aromatic rings. The summed E-state index contributed by atoms with van der Waals surface area (Å²) in [4.78, 5) is 33.3. The van der Waals surface area contributed by atoms with Gasteiger partial charge in [0.1, 0.15) is 5.75 Å². The van der Waals surface area contributed by atoms with Crippen molar-refractivity contribution in [2.24, 2.45) is 5.10 Å². The number of esters is 1. The average Bonchev–Trinajstić information content (AvgIpc) is 2.74. The molecule has 0 amide bonds. The van der Waals surface area contributed by atoms with E-state index in [4.69, 9.17) is 9.84 Å². The predicted octanol–water partition coefficient (Wildman–Crippen LogP) is 3.96. The number of rotatable bonds is 7.